The summed E-state index contributed by atoms with van der Waals surface area (Å²) in [5.41, 5.74) is 4.19. The van der Waals surface area contributed by atoms with Crippen LogP contribution in [0.3, 0.4) is 0 Å². The van der Waals surface area contributed by atoms with Crippen LogP contribution in [0.4, 0.5) is 5.69 Å². The Bertz CT molecular complexity index is 2380. The highest BCUT2D eigenvalue weighted by Gasteiger charge is 2.33. The Kier molecular flexibility index (Phi) is 10.3. The van der Waals surface area contributed by atoms with Gasteiger partial charge in [-0.2, -0.15) is 5.10 Å². The molecule has 6 heterocycles. The van der Waals surface area contributed by atoms with Crippen LogP contribution < -0.4 is 25.8 Å². The second-order valence-electron chi connectivity index (χ2n) is 15.8. The number of para-hydroxylation sites is 1. The first-order valence-corrected chi connectivity index (χ1v) is 20.2. The van der Waals surface area contributed by atoms with Crippen molar-refractivity contribution in [1.29, 1.82) is 0 Å². The maximum absolute atomic E-state index is 13.5. The van der Waals surface area contributed by atoms with Crippen LogP contribution in [-0.4, -0.2) is 92.6 Å². The second-order valence-corrected chi connectivity index (χ2v) is 15.8. The Hall–Kier alpha value is -5.54. The summed E-state index contributed by atoms with van der Waals surface area (Å²) in [6.07, 6.45) is 8.98. The fraction of sp³-hybridized carbons (Fsp3) is 0.476. The van der Waals surface area contributed by atoms with Gasteiger partial charge in [-0.3, -0.25) is 33.5 Å². The lowest BCUT2D eigenvalue weighted by Gasteiger charge is -2.37. The van der Waals surface area contributed by atoms with E-state index in [1.165, 1.54) is 0 Å². The largest absolute Gasteiger partial charge is 0.489 e. The Morgan fingerprint density at radius 2 is 1.63 bits per heavy atom. The fourth-order valence-corrected chi connectivity index (χ4v) is 9.21. The van der Waals surface area contributed by atoms with E-state index in [1.54, 1.807) is 34.4 Å². The molecular formula is C42H48N8O7. The summed E-state index contributed by atoms with van der Waals surface area (Å²) < 4.78 is 22.7. The van der Waals surface area contributed by atoms with Gasteiger partial charge in [-0.25, -0.2) is 9.78 Å². The van der Waals surface area contributed by atoms with E-state index < -0.39 is 11.9 Å². The first kappa shape index (κ1) is 37.1. The van der Waals surface area contributed by atoms with Crippen LogP contribution in [0.5, 0.6) is 11.6 Å². The molecule has 4 aliphatic rings. The monoisotopic (exact) mass is 776 g/mol. The number of carbonyl (C=O) groups excluding carboxylic acids is 3. The molecule has 3 aliphatic heterocycles. The number of ether oxygens (including phenoxy) is 3. The van der Waals surface area contributed by atoms with E-state index >= 15 is 0 Å². The van der Waals surface area contributed by atoms with Gasteiger partial charge in [0, 0.05) is 43.7 Å². The maximum atomic E-state index is 13.5. The number of amides is 3. The number of imide groups is 1. The average molecular weight is 777 g/mol. The number of carbonyl (C=O) groups is 3. The van der Waals surface area contributed by atoms with Crippen LogP contribution in [0.2, 0.25) is 0 Å². The second kappa shape index (κ2) is 15.8. The van der Waals surface area contributed by atoms with E-state index in [9.17, 15) is 19.2 Å². The van der Waals surface area contributed by atoms with Gasteiger partial charge < -0.3 is 24.4 Å². The number of fused-ring (bicyclic) bond motifs is 5. The molecule has 0 spiro atoms. The lowest BCUT2D eigenvalue weighted by atomic mass is 9.84. The normalized spacial score (nSPS) is 23.0. The molecule has 1 atom stereocenters. The van der Waals surface area contributed by atoms with E-state index in [4.69, 9.17) is 19.3 Å². The minimum absolute atomic E-state index is 0.224. The number of rotatable bonds is 5. The summed E-state index contributed by atoms with van der Waals surface area (Å²) in [5.74, 6) is 0.794. The van der Waals surface area contributed by atoms with Gasteiger partial charge in [-0.15, -0.1) is 0 Å². The van der Waals surface area contributed by atoms with Crippen molar-refractivity contribution in [2.24, 2.45) is 13.0 Å². The molecule has 3 amide bonds. The predicted molar refractivity (Wildman–Crippen MR) is 212 cm³/mol. The maximum Gasteiger partial charge on any atom is 0.329 e. The number of aromatic nitrogens is 5. The standard InChI is InChI=1S/C42H48N8O7/c1-47-39-30(4-2-6-34(39)50(42(47)54)35-12-13-37(51)45-41(35)53)27-14-16-48(17-15-27)24-26-8-10-29(11-9-26)49-25-28-22-33-36(23-32(28)46-49)56-20-18-55-19-21-57-38-7-3-5-31(43-38)40(52)44-33/h2-7,22-23,25-27,29,35H,8-21,24H2,1H3,(H,44,52)(H,45,51,53)/t26-,29-,35?. The summed E-state index contributed by atoms with van der Waals surface area (Å²) in [7, 11) is 1.78. The molecule has 15 heteroatoms. The van der Waals surface area contributed by atoms with Gasteiger partial charge >= 0.3 is 5.69 Å². The van der Waals surface area contributed by atoms with Crippen molar-refractivity contribution in [1.82, 2.24) is 34.1 Å². The molecule has 3 aromatic heterocycles. The molecule has 15 nitrogen and oxygen atoms in total. The number of nitrogens with one attached hydrogen (secondary N) is 2. The van der Waals surface area contributed by atoms with Crippen molar-refractivity contribution in [3.05, 3.63) is 76.5 Å². The van der Waals surface area contributed by atoms with Crippen LogP contribution in [0.1, 0.15) is 85.4 Å². The molecular weight excluding hydrogens is 729 g/mol. The van der Waals surface area contributed by atoms with Gasteiger partial charge in [0.05, 0.1) is 41.5 Å². The molecule has 2 bridgehead atoms. The van der Waals surface area contributed by atoms with Gasteiger partial charge in [0.25, 0.3) is 5.91 Å². The predicted octanol–water partition coefficient (Wildman–Crippen LogP) is 4.71. The zero-order chi connectivity index (χ0) is 39.0. The molecule has 2 saturated heterocycles. The van der Waals surface area contributed by atoms with Crippen LogP contribution in [0.25, 0.3) is 21.9 Å². The van der Waals surface area contributed by atoms with Crippen molar-refractivity contribution in [2.45, 2.75) is 69.4 Å². The fourth-order valence-electron chi connectivity index (χ4n) is 9.21. The highest BCUT2D eigenvalue weighted by atomic mass is 16.5. The van der Waals surface area contributed by atoms with Crippen molar-refractivity contribution in [3.63, 3.8) is 0 Å². The van der Waals surface area contributed by atoms with Crippen molar-refractivity contribution in [2.75, 3.05) is 51.4 Å². The first-order valence-electron chi connectivity index (χ1n) is 20.2. The Labute approximate surface area is 329 Å². The molecule has 2 aromatic carbocycles. The third-order valence-corrected chi connectivity index (χ3v) is 12.2. The van der Waals surface area contributed by atoms with E-state index in [2.05, 4.69) is 37.5 Å². The molecule has 0 radical (unpaired) electrons. The van der Waals surface area contributed by atoms with Gasteiger partial charge in [-0.1, -0.05) is 18.2 Å². The molecule has 298 valence electrons. The third-order valence-electron chi connectivity index (χ3n) is 12.2. The number of pyridine rings is 1. The number of aryl methyl sites for hydroxylation is 1. The van der Waals surface area contributed by atoms with E-state index in [0.29, 0.717) is 68.0 Å². The number of anilines is 1. The first-order chi connectivity index (χ1) is 27.8. The number of piperidine rings is 2. The molecule has 1 aliphatic carbocycles. The summed E-state index contributed by atoms with van der Waals surface area (Å²) >= 11 is 0. The molecule has 57 heavy (non-hydrogen) atoms. The van der Waals surface area contributed by atoms with E-state index in [-0.39, 0.29) is 29.6 Å². The SMILES string of the molecule is Cn1c(=O)n(C2CCC(=O)NC2=O)c2cccc(C3CCN(C[C@H]4CC[C@H](n5cc6cc7c(cc6n5)OCCOCCOc5cccc(n5)C(=O)N7)CC4)CC3)c21. The number of benzene rings is 2. The zero-order valence-corrected chi connectivity index (χ0v) is 32.2. The van der Waals surface area contributed by atoms with Gasteiger partial charge in [0.2, 0.25) is 17.7 Å². The molecule has 9 rings (SSSR count). The highest BCUT2D eigenvalue weighted by molar-refractivity contribution is 6.05. The summed E-state index contributed by atoms with van der Waals surface area (Å²) in [5, 5.41) is 11.3. The number of hydrogen-bond acceptors (Lipinski definition) is 10. The molecule has 3 fully saturated rings. The topological polar surface area (TPSA) is 164 Å². The lowest BCUT2D eigenvalue weighted by Crippen LogP contribution is -2.44. The van der Waals surface area contributed by atoms with Gasteiger partial charge in [0.1, 0.15) is 30.7 Å². The van der Waals surface area contributed by atoms with Gasteiger partial charge in [-0.05, 0) is 93.6 Å². The Morgan fingerprint density at radius 3 is 2.44 bits per heavy atom. The summed E-state index contributed by atoms with van der Waals surface area (Å²) in [6, 6.07) is 14.6. The highest BCUT2D eigenvalue weighted by Crippen LogP contribution is 2.38. The number of likely N-dealkylation sites (tertiary alicyclic amines) is 1. The van der Waals surface area contributed by atoms with Crippen molar-refractivity contribution < 1.29 is 28.6 Å². The van der Waals surface area contributed by atoms with Crippen molar-refractivity contribution >= 4 is 45.3 Å². The lowest BCUT2D eigenvalue weighted by molar-refractivity contribution is -0.135. The van der Waals surface area contributed by atoms with Crippen LogP contribution in [0.15, 0.2) is 59.5 Å². The minimum Gasteiger partial charge on any atom is -0.489 e. The van der Waals surface area contributed by atoms with E-state index in [1.807, 2.05) is 24.3 Å². The number of hydrogen-bond donors (Lipinski definition) is 2. The molecule has 5 aromatic rings. The van der Waals surface area contributed by atoms with Crippen LogP contribution >= 0.6 is 0 Å². The summed E-state index contributed by atoms with van der Waals surface area (Å²) in [6.45, 7) is 4.47. The van der Waals surface area contributed by atoms with E-state index in [0.717, 1.165) is 85.7 Å². The average Bonchev–Trinajstić information content (AvgIpc) is 3.75. The summed E-state index contributed by atoms with van der Waals surface area (Å²) in [4.78, 5) is 58.2. The number of imidazole rings is 1. The minimum atomic E-state index is -0.685. The van der Waals surface area contributed by atoms with Crippen molar-refractivity contribution in [3.8, 4) is 11.6 Å². The molecule has 2 N–H and O–H groups in total. The quantitative estimate of drug-likeness (QED) is 0.239. The smallest absolute Gasteiger partial charge is 0.329 e. The van der Waals surface area contributed by atoms with Gasteiger partial charge in [0.15, 0.2) is 0 Å². The van der Waals surface area contributed by atoms with Crippen LogP contribution in [-0.2, 0) is 21.4 Å². The van der Waals surface area contributed by atoms with Crippen LogP contribution in [0, 0.1) is 5.92 Å². The third kappa shape index (κ3) is 7.53. The molecule has 1 unspecified atom stereocenters. The Balaban J connectivity index is 0.826. The Morgan fingerprint density at radius 1 is 0.842 bits per heavy atom. The number of nitrogens with zero attached hydrogens (tertiary/aromatic N) is 6. The zero-order valence-electron chi connectivity index (χ0n) is 32.2. The molecule has 1 saturated carbocycles.